The van der Waals surface area contributed by atoms with Crippen molar-refractivity contribution in [3.63, 3.8) is 0 Å². The molecule has 5 heteroatoms. The zero-order valence-electron chi connectivity index (χ0n) is 6.45. The van der Waals surface area contributed by atoms with Crippen molar-refractivity contribution in [1.82, 2.24) is 4.98 Å². The van der Waals surface area contributed by atoms with Gasteiger partial charge in [0, 0.05) is 11.4 Å². The van der Waals surface area contributed by atoms with Crippen LogP contribution in [0.3, 0.4) is 0 Å². The fourth-order valence-electron chi connectivity index (χ4n) is 0.828. The maximum atomic E-state index is 10.3. The number of alkyl halides is 1. The van der Waals surface area contributed by atoms with E-state index in [1.54, 1.807) is 6.92 Å². The smallest absolute Gasteiger partial charge is 0.258 e. The van der Waals surface area contributed by atoms with Crippen LogP contribution in [0.2, 0.25) is 0 Å². The van der Waals surface area contributed by atoms with Gasteiger partial charge in [-0.1, -0.05) is 15.9 Å². The van der Waals surface area contributed by atoms with Crippen LogP contribution in [-0.2, 0) is 5.33 Å². The number of nitrogens with zero attached hydrogens (tertiary/aromatic N) is 2. The molecule has 64 valence electrons. The minimum absolute atomic E-state index is 0.0391. The van der Waals surface area contributed by atoms with Crippen LogP contribution >= 0.6 is 15.9 Å². The fourth-order valence-corrected chi connectivity index (χ4v) is 1.42. The second kappa shape index (κ2) is 3.62. The SMILES string of the molecule is Cc1cc([N+](=O)[O-])cnc1CBr. The van der Waals surface area contributed by atoms with Gasteiger partial charge in [-0.05, 0) is 12.5 Å². The molecule has 0 unspecified atom stereocenters. The second-order valence-corrected chi connectivity index (χ2v) is 2.91. The van der Waals surface area contributed by atoms with Crippen molar-refractivity contribution in [1.29, 1.82) is 0 Å². The Bertz CT molecular complexity index is 314. The Balaban J connectivity index is 3.10. The number of pyridine rings is 1. The summed E-state index contributed by atoms with van der Waals surface area (Å²) in [5.41, 5.74) is 1.71. The van der Waals surface area contributed by atoms with Crippen LogP contribution in [0.25, 0.3) is 0 Å². The first-order valence-corrected chi connectivity index (χ1v) is 4.43. The molecule has 0 saturated carbocycles. The van der Waals surface area contributed by atoms with Gasteiger partial charge in [-0.2, -0.15) is 0 Å². The van der Waals surface area contributed by atoms with Gasteiger partial charge in [-0.3, -0.25) is 15.1 Å². The van der Waals surface area contributed by atoms with Crippen molar-refractivity contribution in [3.05, 3.63) is 33.6 Å². The maximum absolute atomic E-state index is 10.3. The Kier molecular flexibility index (Phi) is 2.75. The standard InChI is InChI=1S/C7H7BrN2O2/c1-5-2-6(10(11)12)4-9-7(5)3-8/h2,4H,3H2,1H3. The highest BCUT2D eigenvalue weighted by Crippen LogP contribution is 2.15. The van der Waals surface area contributed by atoms with Crippen LogP contribution in [-0.4, -0.2) is 9.91 Å². The summed E-state index contributed by atoms with van der Waals surface area (Å²) in [5, 5.41) is 10.9. The normalized spacial score (nSPS) is 9.83. The van der Waals surface area contributed by atoms with Gasteiger partial charge in [-0.15, -0.1) is 0 Å². The lowest BCUT2D eigenvalue weighted by Crippen LogP contribution is -1.94. The summed E-state index contributed by atoms with van der Waals surface area (Å²) in [6.07, 6.45) is 1.27. The van der Waals surface area contributed by atoms with Crippen LogP contribution in [0, 0.1) is 17.0 Å². The van der Waals surface area contributed by atoms with E-state index in [0.717, 1.165) is 11.3 Å². The summed E-state index contributed by atoms with van der Waals surface area (Å²) in [6.45, 7) is 1.80. The Hall–Kier alpha value is -0.970. The van der Waals surface area contributed by atoms with Gasteiger partial charge in [0.25, 0.3) is 5.69 Å². The zero-order chi connectivity index (χ0) is 9.14. The van der Waals surface area contributed by atoms with Crippen molar-refractivity contribution in [3.8, 4) is 0 Å². The molecule has 1 aromatic rings. The minimum atomic E-state index is -0.446. The van der Waals surface area contributed by atoms with Crippen molar-refractivity contribution >= 4 is 21.6 Å². The van der Waals surface area contributed by atoms with Crippen molar-refractivity contribution < 1.29 is 4.92 Å². The quantitative estimate of drug-likeness (QED) is 0.445. The lowest BCUT2D eigenvalue weighted by Gasteiger charge is -1.98. The van der Waals surface area contributed by atoms with Gasteiger partial charge < -0.3 is 0 Å². The first kappa shape index (κ1) is 9.12. The number of hydrogen-bond donors (Lipinski definition) is 0. The Morgan fingerprint density at radius 3 is 2.83 bits per heavy atom. The Morgan fingerprint density at radius 1 is 1.75 bits per heavy atom. The summed E-state index contributed by atoms with van der Waals surface area (Å²) >= 11 is 3.24. The van der Waals surface area contributed by atoms with Gasteiger partial charge in [0.1, 0.15) is 6.20 Å². The molecule has 1 aromatic heterocycles. The van der Waals surface area contributed by atoms with Gasteiger partial charge in [0.2, 0.25) is 0 Å². The van der Waals surface area contributed by atoms with Crippen LogP contribution < -0.4 is 0 Å². The molecule has 0 atom stereocenters. The molecule has 0 N–H and O–H groups in total. The van der Waals surface area contributed by atoms with E-state index in [1.807, 2.05) is 0 Å². The molecule has 0 aromatic carbocycles. The van der Waals surface area contributed by atoms with Crippen molar-refractivity contribution in [2.45, 2.75) is 12.3 Å². The summed E-state index contributed by atoms with van der Waals surface area (Å²) in [6, 6.07) is 1.52. The minimum Gasteiger partial charge on any atom is -0.258 e. The number of rotatable bonds is 2. The molecule has 0 saturated heterocycles. The van der Waals surface area contributed by atoms with Gasteiger partial charge in [-0.25, -0.2) is 0 Å². The van der Waals surface area contributed by atoms with Crippen molar-refractivity contribution in [2.24, 2.45) is 0 Å². The largest absolute Gasteiger partial charge is 0.287 e. The second-order valence-electron chi connectivity index (χ2n) is 2.35. The highest BCUT2D eigenvalue weighted by atomic mass is 79.9. The third-order valence-corrected chi connectivity index (χ3v) is 2.04. The van der Waals surface area contributed by atoms with Crippen LogP contribution in [0.1, 0.15) is 11.3 Å². The third-order valence-electron chi connectivity index (χ3n) is 1.51. The van der Waals surface area contributed by atoms with E-state index in [-0.39, 0.29) is 5.69 Å². The first-order chi connectivity index (χ1) is 5.65. The van der Waals surface area contributed by atoms with Crippen LogP contribution in [0.4, 0.5) is 5.69 Å². The summed E-state index contributed by atoms with van der Waals surface area (Å²) in [5.74, 6) is 0. The number of aryl methyl sites for hydroxylation is 1. The predicted octanol–water partition coefficient (Wildman–Crippen LogP) is 2.19. The molecule has 0 bridgehead atoms. The van der Waals surface area contributed by atoms with Crippen molar-refractivity contribution in [2.75, 3.05) is 0 Å². The monoisotopic (exact) mass is 230 g/mol. The predicted molar refractivity (Wildman–Crippen MR) is 48.3 cm³/mol. The van der Waals surface area contributed by atoms with Gasteiger partial charge in [0.15, 0.2) is 0 Å². The number of hydrogen-bond acceptors (Lipinski definition) is 3. The van der Waals surface area contributed by atoms with Gasteiger partial charge in [0.05, 0.1) is 10.6 Å². The number of halogens is 1. The van der Waals surface area contributed by atoms with Crippen LogP contribution in [0.5, 0.6) is 0 Å². The summed E-state index contributed by atoms with van der Waals surface area (Å²) < 4.78 is 0. The van der Waals surface area contributed by atoms with E-state index < -0.39 is 4.92 Å². The highest BCUT2D eigenvalue weighted by molar-refractivity contribution is 9.08. The summed E-state index contributed by atoms with van der Waals surface area (Å²) in [4.78, 5) is 13.8. The molecule has 0 fully saturated rings. The molecule has 0 aliphatic rings. The molecule has 0 radical (unpaired) electrons. The molecule has 4 nitrogen and oxygen atoms in total. The van der Waals surface area contributed by atoms with E-state index >= 15 is 0 Å². The maximum Gasteiger partial charge on any atom is 0.287 e. The van der Waals surface area contributed by atoms with E-state index in [0.29, 0.717) is 5.33 Å². The molecule has 1 rings (SSSR count). The number of aromatic nitrogens is 1. The molecule has 0 amide bonds. The molecule has 0 aliphatic heterocycles. The zero-order valence-corrected chi connectivity index (χ0v) is 8.04. The van der Waals surface area contributed by atoms with Gasteiger partial charge >= 0.3 is 0 Å². The number of nitro groups is 1. The lowest BCUT2D eigenvalue weighted by molar-refractivity contribution is -0.385. The fraction of sp³-hybridized carbons (Fsp3) is 0.286. The average Bonchev–Trinajstić information content (AvgIpc) is 2.04. The molecular formula is C7H7BrN2O2. The lowest BCUT2D eigenvalue weighted by atomic mass is 10.2. The van der Waals surface area contributed by atoms with Crippen LogP contribution in [0.15, 0.2) is 12.3 Å². The Morgan fingerprint density at radius 2 is 2.42 bits per heavy atom. The molecule has 12 heavy (non-hydrogen) atoms. The highest BCUT2D eigenvalue weighted by Gasteiger charge is 2.07. The topological polar surface area (TPSA) is 56.0 Å². The molecule has 0 spiro atoms. The molecule has 1 heterocycles. The average molecular weight is 231 g/mol. The molecular weight excluding hydrogens is 224 g/mol. The van der Waals surface area contributed by atoms with E-state index in [1.165, 1.54) is 12.3 Å². The first-order valence-electron chi connectivity index (χ1n) is 3.31. The summed E-state index contributed by atoms with van der Waals surface area (Å²) in [7, 11) is 0. The van der Waals surface area contributed by atoms with E-state index in [9.17, 15) is 10.1 Å². The Labute approximate surface area is 77.9 Å². The van der Waals surface area contributed by atoms with E-state index in [2.05, 4.69) is 20.9 Å². The third kappa shape index (κ3) is 1.79. The van der Waals surface area contributed by atoms with E-state index in [4.69, 9.17) is 0 Å². The molecule has 0 aliphatic carbocycles.